The highest BCUT2D eigenvalue weighted by molar-refractivity contribution is 5.67. The predicted molar refractivity (Wildman–Crippen MR) is 57.6 cm³/mol. The molecule has 0 saturated heterocycles. The molecule has 15 heavy (non-hydrogen) atoms. The molecule has 0 bridgehead atoms. The molecule has 0 saturated carbocycles. The number of rotatable bonds is 2. The van der Waals surface area contributed by atoms with Crippen LogP contribution in [0.4, 0.5) is 5.88 Å². The first-order valence-corrected chi connectivity index (χ1v) is 4.58. The number of anilines is 1. The second-order valence-corrected chi connectivity index (χ2v) is 3.25. The first-order valence-electron chi connectivity index (χ1n) is 4.58. The monoisotopic (exact) mass is 204 g/mol. The minimum Gasteiger partial charge on any atom is -0.496 e. The van der Waals surface area contributed by atoms with E-state index in [9.17, 15) is 0 Å². The van der Waals surface area contributed by atoms with E-state index in [-0.39, 0.29) is 0 Å². The highest BCUT2D eigenvalue weighted by Gasteiger charge is 2.09. The lowest BCUT2D eigenvalue weighted by Gasteiger charge is -2.07. The fourth-order valence-electron chi connectivity index (χ4n) is 1.53. The van der Waals surface area contributed by atoms with E-state index in [4.69, 9.17) is 15.0 Å². The van der Waals surface area contributed by atoms with Crippen molar-refractivity contribution < 1.29 is 9.26 Å². The van der Waals surface area contributed by atoms with E-state index in [1.165, 1.54) is 0 Å². The van der Waals surface area contributed by atoms with Gasteiger partial charge >= 0.3 is 0 Å². The smallest absolute Gasteiger partial charge is 0.222 e. The van der Waals surface area contributed by atoms with E-state index in [0.29, 0.717) is 5.88 Å². The Morgan fingerprint density at radius 3 is 2.80 bits per heavy atom. The Hall–Kier alpha value is -1.97. The molecule has 0 spiro atoms. The van der Waals surface area contributed by atoms with E-state index in [0.717, 1.165) is 22.6 Å². The molecular weight excluding hydrogens is 192 g/mol. The second-order valence-electron chi connectivity index (χ2n) is 3.25. The summed E-state index contributed by atoms with van der Waals surface area (Å²) in [6.07, 6.45) is 0. The average molecular weight is 204 g/mol. The predicted octanol–water partition coefficient (Wildman–Crippen LogP) is 2.24. The third kappa shape index (κ3) is 1.66. The molecule has 2 aromatic rings. The van der Waals surface area contributed by atoms with Crippen LogP contribution in [0.3, 0.4) is 0 Å². The van der Waals surface area contributed by atoms with E-state index in [2.05, 4.69) is 5.16 Å². The minimum absolute atomic E-state index is 0.312. The van der Waals surface area contributed by atoms with Gasteiger partial charge in [-0.05, 0) is 13.0 Å². The molecule has 1 heterocycles. The molecule has 4 heteroatoms. The Morgan fingerprint density at radius 1 is 1.40 bits per heavy atom. The zero-order valence-electron chi connectivity index (χ0n) is 8.65. The highest BCUT2D eigenvalue weighted by atomic mass is 16.5. The van der Waals surface area contributed by atoms with Crippen LogP contribution >= 0.6 is 0 Å². The highest BCUT2D eigenvalue weighted by Crippen LogP contribution is 2.29. The maximum Gasteiger partial charge on any atom is 0.222 e. The summed E-state index contributed by atoms with van der Waals surface area (Å²) in [6.45, 7) is 1.97. The quantitative estimate of drug-likeness (QED) is 0.814. The van der Waals surface area contributed by atoms with Gasteiger partial charge in [0.15, 0.2) is 0 Å². The molecule has 0 atom stereocenters. The topological polar surface area (TPSA) is 61.3 Å². The van der Waals surface area contributed by atoms with Crippen molar-refractivity contribution in [2.45, 2.75) is 6.92 Å². The van der Waals surface area contributed by atoms with E-state index >= 15 is 0 Å². The van der Waals surface area contributed by atoms with Gasteiger partial charge in [0.25, 0.3) is 0 Å². The Balaban J connectivity index is 2.53. The number of nitrogen functional groups attached to an aromatic ring is 1. The maximum atomic E-state index is 5.48. The number of methoxy groups -OCH3 is 1. The summed E-state index contributed by atoms with van der Waals surface area (Å²) >= 11 is 0. The maximum absolute atomic E-state index is 5.48. The van der Waals surface area contributed by atoms with Crippen LogP contribution in [0.15, 0.2) is 28.8 Å². The largest absolute Gasteiger partial charge is 0.496 e. The number of hydrogen-bond acceptors (Lipinski definition) is 4. The van der Waals surface area contributed by atoms with Crippen LogP contribution in [0.2, 0.25) is 0 Å². The van der Waals surface area contributed by atoms with Crippen molar-refractivity contribution in [3.05, 3.63) is 29.8 Å². The zero-order valence-corrected chi connectivity index (χ0v) is 8.65. The molecule has 0 unspecified atom stereocenters. The second kappa shape index (κ2) is 3.65. The molecule has 0 fully saturated rings. The molecule has 1 aromatic heterocycles. The Morgan fingerprint density at radius 2 is 2.20 bits per heavy atom. The lowest BCUT2D eigenvalue weighted by atomic mass is 10.1. The van der Waals surface area contributed by atoms with Crippen molar-refractivity contribution in [2.24, 2.45) is 0 Å². The van der Waals surface area contributed by atoms with Gasteiger partial charge in [0.2, 0.25) is 5.88 Å². The van der Waals surface area contributed by atoms with E-state index in [1.54, 1.807) is 13.2 Å². The third-order valence-corrected chi connectivity index (χ3v) is 2.31. The van der Waals surface area contributed by atoms with Gasteiger partial charge < -0.3 is 15.0 Å². The number of nitrogens with two attached hydrogens (primary N) is 1. The van der Waals surface area contributed by atoms with Gasteiger partial charge in [-0.15, -0.1) is 0 Å². The van der Waals surface area contributed by atoms with E-state index in [1.807, 2.05) is 25.1 Å². The van der Waals surface area contributed by atoms with Crippen molar-refractivity contribution in [3.63, 3.8) is 0 Å². The molecule has 2 N–H and O–H groups in total. The Kier molecular flexibility index (Phi) is 2.33. The van der Waals surface area contributed by atoms with Gasteiger partial charge in [0.05, 0.1) is 7.11 Å². The van der Waals surface area contributed by atoms with Crippen molar-refractivity contribution in [1.82, 2.24) is 5.16 Å². The fourth-order valence-corrected chi connectivity index (χ4v) is 1.53. The van der Waals surface area contributed by atoms with Gasteiger partial charge in [-0.2, -0.15) is 0 Å². The molecule has 0 aliphatic rings. The van der Waals surface area contributed by atoms with Crippen molar-refractivity contribution in [2.75, 3.05) is 12.8 Å². The zero-order chi connectivity index (χ0) is 10.8. The number of nitrogens with zero attached hydrogens (tertiary/aromatic N) is 1. The molecule has 1 aromatic carbocycles. The molecule has 0 aliphatic carbocycles. The van der Waals surface area contributed by atoms with Crippen molar-refractivity contribution >= 4 is 5.88 Å². The van der Waals surface area contributed by atoms with Gasteiger partial charge in [0, 0.05) is 17.2 Å². The number of benzene rings is 1. The van der Waals surface area contributed by atoms with Crippen LogP contribution < -0.4 is 10.5 Å². The summed E-state index contributed by atoms with van der Waals surface area (Å²) < 4.78 is 10.1. The van der Waals surface area contributed by atoms with Crippen molar-refractivity contribution in [3.8, 4) is 17.0 Å². The summed E-state index contributed by atoms with van der Waals surface area (Å²) in [5, 5.41) is 3.87. The van der Waals surface area contributed by atoms with Crippen LogP contribution in [-0.2, 0) is 0 Å². The molecular formula is C11H12N2O2. The average Bonchev–Trinajstić information content (AvgIpc) is 2.65. The van der Waals surface area contributed by atoms with Crippen LogP contribution in [0.25, 0.3) is 11.3 Å². The number of ether oxygens (including phenoxy) is 1. The summed E-state index contributed by atoms with van der Waals surface area (Å²) in [7, 11) is 1.64. The lowest BCUT2D eigenvalue weighted by molar-refractivity contribution is 0.411. The summed E-state index contributed by atoms with van der Waals surface area (Å²) in [4.78, 5) is 0. The van der Waals surface area contributed by atoms with Gasteiger partial charge in [0.1, 0.15) is 11.4 Å². The van der Waals surface area contributed by atoms with Crippen LogP contribution in [-0.4, -0.2) is 12.3 Å². The van der Waals surface area contributed by atoms with Crippen LogP contribution in [0.1, 0.15) is 5.56 Å². The SMILES string of the molecule is COc1cccc(-c2cc(N)on2)c1C. The lowest BCUT2D eigenvalue weighted by Crippen LogP contribution is -1.89. The standard InChI is InChI=1S/C11H12N2O2/c1-7-8(4-3-5-10(7)14-2)9-6-11(12)15-13-9/h3-6H,12H2,1-2H3. The third-order valence-electron chi connectivity index (χ3n) is 2.31. The fraction of sp³-hybridized carbons (Fsp3) is 0.182. The number of hydrogen-bond donors (Lipinski definition) is 1. The molecule has 4 nitrogen and oxygen atoms in total. The Labute approximate surface area is 87.6 Å². The molecule has 2 rings (SSSR count). The molecule has 0 aliphatic heterocycles. The van der Waals surface area contributed by atoms with Gasteiger partial charge in [-0.3, -0.25) is 0 Å². The van der Waals surface area contributed by atoms with Crippen molar-refractivity contribution in [1.29, 1.82) is 0 Å². The van der Waals surface area contributed by atoms with E-state index < -0.39 is 0 Å². The number of aromatic nitrogens is 1. The first-order chi connectivity index (χ1) is 7.22. The van der Waals surface area contributed by atoms with Gasteiger partial charge in [-0.1, -0.05) is 17.3 Å². The molecule has 78 valence electrons. The van der Waals surface area contributed by atoms with Crippen LogP contribution in [0.5, 0.6) is 5.75 Å². The van der Waals surface area contributed by atoms with Crippen LogP contribution in [0, 0.1) is 6.92 Å². The summed E-state index contributed by atoms with van der Waals surface area (Å²) in [6, 6.07) is 7.46. The molecule has 0 amide bonds. The normalized spacial score (nSPS) is 10.3. The minimum atomic E-state index is 0.312. The summed E-state index contributed by atoms with van der Waals surface area (Å²) in [5.41, 5.74) is 8.19. The summed E-state index contributed by atoms with van der Waals surface area (Å²) in [5.74, 6) is 1.14. The first kappa shape index (κ1) is 9.58. The van der Waals surface area contributed by atoms with Gasteiger partial charge in [-0.25, -0.2) is 0 Å². The molecule has 0 radical (unpaired) electrons. The Bertz CT molecular complexity index is 477.